The average molecular weight is 360 g/mol. The molecule has 1 saturated heterocycles. The van der Waals surface area contributed by atoms with Crippen LogP contribution >= 0.6 is 0 Å². The largest absolute Gasteiger partial charge is 0.388 e. The highest BCUT2D eigenvalue weighted by molar-refractivity contribution is 5.80. The third-order valence-electron chi connectivity index (χ3n) is 5.52. The third kappa shape index (κ3) is 4.98. The van der Waals surface area contributed by atoms with E-state index in [0.29, 0.717) is 32.6 Å². The molecule has 26 heavy (non-hydrogen) atoms. The van der Waals surface area contributed by atoms with Gasteiger partial charge in [-0.15, -0.1) is 0 Å². The highest BCUT2D eigenvalue weighted by Crippen LogP contribution is 2.25. The number of aliphatic hydroxyl groups is 1. The molecular formula is C21H33N3O2. The van der Waals surface area contributed by atoms with Crippen LogP contribution in [-0.2, 0) is 17.6 Å². The van der Waals surface area contributed by atoms with Crippen molar-refractivity contribution in [3.8, 4) is 0 Å². The van der Waals surface area contributed by atoms with E-state index in [1.54, 1.807) is 0 Å². The first-order chi connectivity index (χ1) is 12.6. The van der Waals surface area contributed by atoms with Gasteiger partial charge < -0.3 is 20.5 Å². The molecule has 0 saturated carbocycles. The van der Waals surface area contributed by atoms with Crippen LogP contribution in [0.5, 0.6) is 0 Å². The summed E-state index contributed by atoms with van der Waals surface area (Å²) in [6.07, 6.45) is 6.31. The second kappa shape index (κ2) is 8.87. The summed E-state index contributed by atoms with van der Waals surface area (Å²) < 4.78 is 5.35. The predicted octanol–water partition coefficient (Wildman–Crippen LogP) is 2.72. The number of fused-ring (bicyclic) bond motifs is 1. The number of rotatable bonds is 5. The number of benzene rings is 1. The molecule has 5 heteroatoms. The minimum atomic E-state index is -0.740. The van der Waals surface area contributed by atoms with Crippen molar-refractivity contribution in [3.05, 3.63) is 34.9 Å². The van der Waals surface area contributed by atoms with Gasteiger partial charge in [0.1, 0.15) is 0 Å². The van der Waals surface area contributed by atoms with Crippen molar-refractivity contribution in [1.29, 1.82) is 0 Å². The van der Waals surface area contributed by atoms with Gasteiger partial charge in [0, 0.05) is 32.6 Å². The zero-order chi connectivity index (χ0) is 18.4. The Morgan fingerprint density at radius 2 is 1.96 bits per heavy atom. The molecule has 1 fully saturated rings. The number of hydrogen-bond donors (Lipinski definition) is 3. The molecule has 1 aromatic carbocycles. The molecule has 1 aliphatic heterocycles. The zero-order valence-corrected chi connectivity index (χ0v) is 16.2. The van der Waals surface area contributed by atoms with Crippen molar-refractivity contribution in [2.45, 2.75) is 64.0 Å². The quantitative estimate of drug-likeness (QED) is 0.559. The fraction of sp³-hybridized carbons (Fsp3) is 0.667. The van der Waals surface area contributed by atoms with E-state index in [4.69, 9.17) is 4.74 Å². The first kappa shape index (κ1) is 19.2. The maximum absolute atomic E-state index is 10.6. The number of nitrogens with one attached hydrogen (secondary N) is 2. The van der Waals surface area contributed by atoms with Gasteiger partial charge in [-0.25, -0.2) is 0 Å². The van der Waals surface area contributed by atoms with Gasteiger partial charge in [-0.1, -0.05) is 18.2 Å². The lowest BCUT2D eigenvalue weighted by atomic mass is 9.89. The second-order valence-corrected chi connectivity index (χ2v) is 7.63. The molecule has 5 nitrogen and oxygen atoms in total. The molecule has 1 heterocycles. The summed E-state index contributed by atoms with van der Waals surface area (Å²) >= 11 is 0. The fourth-order valence-electron chi connectivity index (χ4n) is 3.77. The molecule has 3 N–H and O–H groups in total. The molecule has 0 bridgehead atoms. The molecule has 0 amide bonds. The maximum atomic E-state index is 10.6. The first-order valence-electron chi connectivity index (χ1n) is 10.1. The lowest BCUT2D eigenvalue weighted by molar-refractivity contribution is -0.0566. The molecule has 2 aliphatic rings. The van der Waals surface area contributed by atoms with Crippen LogP contribution in [0.15, 0.2) is 23.2 Å². The molecule has 1 unspecified atom stereocenters. The number of ether oxygens (including phenoxy) is 1. The molecule has 0 spiro atoms. The van der Waals surface area contributed by atoms with Crippen LogP contribution in [0, 0.1) is 0 Å². The van der Waals surface area contributed by atoms with E-state index in [0.717, 1.165) is 12.5 Å². The Balaban J connectivity index is 1.65. The standard InChI is InChI=1S/C21H33N3O2/c1-3-22-20(23-15-21(25)10-12-26-13-11-21)24-16(2)18-9-8-17-6-4-5-7-19(17)14-18/h8-9,14,16,25H,3-7,10-13,15H2,1-2H3,(H2,22,23,24). The predicted molar refractivity (Wildman–Crippen MR) is 106 cm³/mol. The Hall–Kier alpha value is -1.59. The van der Waals surface area contributed by atoms with Gasteiger partial charge in [0.15, 0.2) is 5.96 Å². The number of guanidine groups is 1. The average Bonchev–Trinajstić information content (AvgIpc) is 2.66. The minimum Gasteiger partial charge on any atom is -0.388 e. The van der Waals surface area contributed by atoms with Crippen molar-refractivity contribution in [2.24, 2.45) is 4.99 Å². The fourth-order valence-corrected chi connectivity index (χ4v) is 3.77. The van der Waals surface area contributed by atoms with E-state index in [9.17, 15) is 5.11 Å². The smallest absolute Gasteiger partial charge is 0.191 e. The molecule has 144 valence electrons. The summed E-state index contributed by atoms with van der Waals surface area (Å²) in [5.74, 6) is 0.762. The van der Waals surface area contributed by atoms with Gasteiger partial charge in [-0.05, 0) is 56.2 Å². The van der Waals surface area contributed by atoms with Crippen LogP contribution in [0.3, 0.4) is 0 Å². The van der Waals surface area contributed by atoms with Gasteiger partial charge in [0.2, 0.25) is 0 Å². The van der Waals surface area contributed by atoms with E-state index in [1.165, 1.54) is 42.4 Å². The number of aryl methyl sites for hydroxylation is 2. The molecule has 0 aromatic heterocycles. The number of hydrogen-bond acceptors (Lipinski definition) is 3. The summed E-state index contributed by atoms with van der Waals surface area (Å²) in [5, 5.41) is 17.4. The van der Waals surface area contributed by atoms with E-state index in [1.807, 2.05) is 0 Å². The Morgan fingerprint density at radius 1 is 1.23 bits per heavy atom. The molecule has 1 aliphatic carbocycles. The topological polar surface area (TPSA) is 65.9 Å². The van der Waals surface area contributed by atoms with Crippen LogP contribution in [0.1, 0.15) is 62.3 Å². The summed E-state index contributed by atoms with van der Waals surface area (Å²) in [6.45, 7) is 6.65. The van der Waals surface area contributed by atoms with Gasteiger partial charge >= 0.3 is 0 Å². The molecule has 0 radical (unpaired) electrons. The van der Waals surface area contributed by atoms with Crippen molar-refractivity contribution in [3.63, 3.8) is 0 Å². The first-order valence-corrected chi connectivity index (χ1v) is 10.1. The van der Waals surface area contributed by atoms with E-state index in [-0.39, 0.29) is 6.04 Å². The van der Waals surface area contributed by atoms with Gasteiger partial charge in [0.05, 0.1) is 18.2 Å². The van der Waals surface area contributed by atoms with Crippen molar-refractivity contribution in [1.82, 2.24) is 10.6 Å². The summed E-state index contributed by atoms with van der Waals surface area (Å²) in [5.41, 5.74) is 3.56. The summed E-state index contributed by atoms with van der Waals surface area (Å²) in [4.78, 5) is 4.65. The minimum absolute atomic E-state index is 0.171. The molecule has 3 rings (SSSR count). The Bertz CT molecular complexity index is 624. The highest BCUT2D eigenvalue weighted by Gasteiger charge is 2.29. The Kier molecular flexibility index (Phi) is 6.54. The molecule has 1 aromatic rings. The van der Waals surface area contributed by atoms with Crippen molar-refractivity contribution >= 4 is 5.96 Å². The van der Waals surface area contributed by atoms with Crippen LogP contribution in [0.4, 0.5) is 0 Å². The lowest BCUT2D eigenvalue weighted by Gasteiger charge is -2.31. The van der Waals surface area contributed by atoms with Crippen LogP contribution in [0.25, 0.3) is 0 Å². The van der Waals surface area contributed by atoms with E-state index < -0.39 is 5.60 Å². The van der Waals surface area contributed by atoms with Gasteiger partial charge in [-0.2, -0.15) is 0 Å². The van der Waals surface area contributed by atoms with Crippen LogP contribution in [-0.4, -0.2) is 43.0 Å². The van der Waals surface area contributed by atoms with Crippen LogP contribution < -0.4 is 10.6 Å². The van der Waals surface area contributed by atoms with E-state index >= 15 is 0 Å². The van der Waals surface area contributed by atoms with Crippen molar-refractivity contribution < 1.29 is 9.84 Å². The van der Waals surface area contributed by atoms with E-state index in [2.05, 4.69) is 47.7 Å². The van der Waals surface area contributed by atoms with Crippen molar-refractivity contribution in [2.75, 3.05) is 26.3 Å². The number of aliphatic imine (C=N–C) groups is 1. The SMILES string of the molecule is CCNC(=NCC1(O)CCOCC1)NC(C)c1ccc2c(c1)CCCC2. The second-order valence-electron chi connectivity index (χ2n) is 7.63. The Labute approximate surface area is 157 Å². The summed E-state index contributed by atoms with van der Waals surface area (Å²) in [6, 6.07) is 7.04. The highest BCUT2D eigenvalue weighted by atomic mass is 16.5. The lowest BCUT2D eigenvalue weighted by Crippen LogP contribution is -2.43. The molecule has 1 atom stereocenters. The normalized spacial score (nSPS) is 21.0. The van der Waals surface area contributed by atoms with Gasteiger partial charge in [-0.3, -0.25) is 4.99 Å². The monoisotopic (exact) mass is 359 g/mol. The third-order valence-corrected chi connectivity index (χ3v) is 5.52. The maximum Gasteiger partial charge on any atom is 0.191 e. The van der Waals surface area contributed by atoms with Crippen LogP contribution in [0.2, 0.25) is 0 Å². The summed E-state index contributed by atoms with van der Waals surface area (Å²) in [7, 11) is 0. The molecular weight excluding hydrogens is 326 g/mol. The van der Waals surface area contributed by atoms with Gasteiger partial charge in [0.25, 0.3) is 0 Å². The zero-order valence-electron chi connectivity index (χ0n) is 16.2. The number of nitrogens with zero attached hydrogens (tertiary/aromatic N) is 1. The Morgan fingerprint density at radius 3 is 2.69 bits per heavy atom.